The van der Waals surface area contributed by atoms with Gasteiger partial charge in [-0.1, -0.05) is 32.0 Å². The van der Waals surface area contributed by atoms with E-state index in [2.05, 4.69) is 6.58 Å². The van der Waals surface area contributed by atoms with Crippen molar-refractivity contribution in [2.75, 3.05) is 13.2 Å². The molecule has 30 heavy (non-hydrogen) atoms. The van der Waals surface area contributed by atoms with Gasteiger partial charge in [0.05, 0.1) is 30.2 Å². The molecule has 0 radical (unpaired) electrons. The summed E-state index contributed by atoms with van der Waals surface area (Å²) in [6, 6.07) is 3.10. The quantitative estimate of drug-likeness (QED) is 0.481. The van der Waals surface area contributed by atoms with Gasteiger partial charge in [-0.15, -0.1) is 0 Å². The number of rotatable bonds is 8. The molecule has 1 aliphatic heterocycles. The topological polar surface area (TPSA) is 77.8 Å². The Morgan fingerprint density at radius 1 is 1.43 bits per heavy atom. The van der Waals surface area contributed by atoms with Gasteiger partial charge in [-0.25, -0.2) is 9.18 Å². The van der Waals surface area contributed by atoms with Crippen LogP contribution < -0.4 is 10.2 Å². The molecule has 1 N–H and O–H groups in total. The lowest BCUT2D eigenvalue weighted by molar-refractivity contribution is 0.0693. The molecule has 6 nitrogen and oxygen atoms in total. The fraction of sp³-hybridized carbons (Fsp3) is 0.364. The Morgan fingerprint density at radius 2 is 2.17 bits per heavy atom. The fourth-order valence-electron chi connectivity index (χ4n) is 3.66. The third-order valence-electron chi connectivity index (χ3n) is 5.16. The van der Waals surface area contributed by atoms with E-state index in [1.165, 1.54) is 12.5 Å². The number of aromatic carboxylic acids is 1. The van der Waals surface area contributed by atoms with Gasteiger partial charge in [0.25, 0.3) is 0 Å². The number of pyridine rings is 1. The highest BCUT2D eigenvalue weighted by atomic mass is 35.5. The van der Waals surface area contributed by atoms with Crippen LogP contribution in [0, 0.1) is 11.7 Å². The van der Waals surface area contributed by atoms with Crippen LogP contribution in [-0.4, -0.2) is 28.9 Å². The third-order valence-corrected chi connectivity index (χ3v) is 5.45. The molecule has 2 heterocycles. The average molecular weight is 436 g/mol. The smallest absolute Gasteiger partial charge is 0.341 e. The largest absolute Gasteiger partial charge is 0.502 e. The van der Waals surface area contributed by atoms with Crippen LogP contribution in [-0.2, 0) is 11.2 Å². The van der Waals surface area contributed by atoms with Crippen LogP contribution in [0.25, 0.3) is 11.3 Å². The first-order chi connectivity index (χ1) is 14.3. The summed E-state index contributed by atoms with van der Waals surface area (Å²) in [6.45, 7) is 8.25. The third kappa shape index (κ3) is 4.07. The summed E-state index contributed by atoms with van der Waals surface area (Å²) in [4.78, 5) is 23.7. The number of hydrogen-bond donors (Lipinski definition) is 1. The molecule has 1 atom stereocenters. The van der Waals surface area contributed by atoms with E-state index < -0.39 is 22.8 Å². The summed E-state index contributed by atoms with van der Waals surface area (Å²) in [5.41, 5.74) is -0.415. The molecule has 0 spiro atoms. The molecule has 0 unspecified atom stereocenters. The molecule has 8 heteroatoms. The summed E-state index contributed by atoms with van der Waals surface area (Å²) in [6.07, 6.45) is 3.75. The minimum atomic E-state index is -1.45. The van der Waals surface area contributed by atoms with Gasteiger partial charge in [0.15, 0.2) is 5.82 Å². The fourth-order valence-corrected chi connectivity index (χ4v) is 3.87. The lowest BCUT2D eigenvalue weighted by Crippen LogP contribution is -2.30. The van der Waals surface area contributed by atoms with Gasteiger partial charge in [0, 0.05) is 24.2 Å². The molecule has 0 amide bonds. The molecule has 0 fully saturated rings. The maximum atomic E-state index is 15.1. The van der Waals surface area contributed by atoms with E-state index in [9.17, 15) is 14.7 Å². The van der Waals surface area contributed by atoms with Gasteiger partial charge < -0.3 is 19.1 Å². The predicted octanol–water partition coefficient (Wildman–Crippen LogP) is 4.69. The zero-order valence-corrected chi connectivity index (χ0v) is 17.5. The van der Waals surface area contributed by atoms with Crippen LogP contribution in [0.4, 0.5) is 4.39 Å². The zero-order chi connectivity index (χ0) is 22.0. The summed E-state index contributed by atoms with van der Waals surface area (Å²) in [5.74, 6) is -2.01. The number of ether oxygens (including phenoxy) is 2. The highest BCUT2D eigenvalue weighted by Gasteiger charge is 2.32. The van der Waals surface area contributed by atoms with E-state index in [-0.39, 0.29) is 22.7 Å². The number of nitrogens with zero attached hydrogens (tertiary/aromatic N) is 1. The summed E-state index contributed by atoms with van der Waals surface area (Å²) >= 11 is 6.36. The minimum Gasteiger partial charge on any atom is -0.502 e. The number of aromatic nitrogens is 1. The molecule has 0 bridgehead atoms. The molecule has 0 saturated heterocycles. The molecular formula is C22H23ClFNO5. The van der Waals surface area contributed by atoms with E-state index in [0.717, 1.165) is 5.56 Å². The number of benzene rings is 1. The molecule has 1 aliphatic rings. The Bertz CT molecular complexity index is 1050. The predicted molar refractivity (Wildman–Crippen MR) is 112 cm³/mol. The Kier molecular flexibility index (Phi) is 6.51. The van der Waals surface area contributed by atoms with Crippen molar-refractivity contribution >= 4 is 17.6 Å². The van der Waals surface area contributed by atoms with Crippen LogP contribution in [0.5, 0.6) is 5.75 Å². The monoisotopic (exact) mass is 435 g/mol. The summed E-state index contributed by atoms with van der Waals surface area (Å²) in [5, 5.41) is 9.58. The highest BCUT2D eigenvalue weighted by molar-refractivity contribution is 6.32. The van der Waals surface area contributed by atoms with Crippen molar-refractivity contribution < 1.29 is 23.8 Å². The Morgan fingerprint density at radius 3 is 2.80 bits per heavy atom. The van der Waals surface area contributed by atoms with Gasteiger partial charge in [-0.2, -0.15) is 0 Å². The molecule has 1 aromatic carbocycles. The first-order valence-corrected chi connectivity index (χ1v) is 10.00. The second kappa shape index (κ2) is 8.92. The van der Waals surface area contributed by atoms with E-state index in [0.29, 0.717) is 37.4 Å². The molecule has 0 aliphatic carbocycles. The number of carboxylic acid groups (broad SMARTS) is 1. The van der Waals surface area contributed by atoms with Crippen molar-refractivity contribution in [3.63, 3.8) is 0 Å². The Hall–Kier alpha value is -2.80. The van der Waals surface area contributed by atoms with E-state index in [1.54, 1.807) is 16.7 Å². The van der Waals surface area contributed by atoms with Crippen molar-refractivity contribution in [2.24, 2.45) is 5.92 Å². The van der Waals surface area contributed by atoms with Gasteiger partial charge in [0.2, 0.25) is 5.43 Å². The Balaban J connectivity index is 2.07. The maximum Gasteiger partial charge on any atom is 0.341 e. The lowest BCUT2D eigenvalue weighted by atomic mass is 9.87. The SMILES string of the molecule is C=COCCCOc1cc2c(cc1Cl)-c1c(F)c(=O)c(C(=O)O)cn1[C@H](C(C)C)C2. The van der Waals surface area contributed by atoms with E-state index in [1.807, 2.05) is 13.8 Å². The van der Waals surface area contributed by atoms with Crippen LogP contribution in [0.1, 0.15) is 42.2 Å². The number of halogens is 2. The number of carbonyl (C=O) groups is 1. The van der Waals surface area contributed by atoms with E-state index >= 15 is 4.39 Å². The van der Waals surface area contributed by atoms with Crippen molar-refractivity contribution in [3.05, 3.63) is 63.4 Å². The van der Waals surface area contributed by atoms with Gasteiger partial charge >= 0.3 is 5.97 Å². The second-order valence-electron chi connectivity index (χ2n) is 7.44. The maximum absolute atomic E-state index is 15.1. The summed E-state index contributed by atoms with van der Waals surface area (Å²) in [7, 11) is 0. The van der Waals surface area contributed by atoms with Gasteiger partial charge in [-0.3, -0.25) is 4.79 Å². The highest BCUT2D eigenvalue weighted by Crippen LogP contribution is 2.42. The van der Waals surface area contributed by atoms with Crippen molar-refractivity contribution in [3.8, 4) is 17.0 Å². The van der Waals surface area contributed by atoms with Gasteiger partial charge in [0.1, 0.15) is 11.3 Å². The van der Waals surface area contributed by atoms with Crippen LogP contribution in [0.3, 0.4) is 0 Å². The molecule has 2 aromatic rings. The number of fused-ring (bicyclic) bond motifs is 3. The zero-order valence-electron chi connectivity index (χ0n) is 16.8. The number of carboxylic acids is 1. The first-order valence-electron chi connectivity index (χ1n) is 9.62. The summed E-state index contributed by atoms with van der Waals surface area (Å²) < 4.78 is 27.4. The Labute approximate surface area is 178 Å². The van der Waals surface area contributed by atoms with E-state index in [4.69, 9.17) is 21.1 Å². The molecular weight excluding hydrogens is 413 g/mol. The molecule has 3 rings (SSSR count). The molecule has 0 saturated carbocycles. The van der Waals surface area contributed by atoms with Crippen molar-refractivity contribution in [2.45, 2.75) is 32.7 Å². The van der Waals surface area contributed by atoms with Crippen molar-refractivity contribution in [1.82, 2.24) is 4.57 Å². The van der Waals surface area contributed by atoms with Crippen LogP contribution in [0.15, 0.2) is 36.0 Å². The number of hydrogen-bond acceptors (Lipinski definition) is 4. The van der Waals surface area contributed by atoms with Crippen LogP contribution in [0.2, 0.25) is 5.02 Å². The minimum absolute atomic E-state index is 0.0535. The molecule has 1 aromatic heterocycles. The first kappa shape index (κ1) is 21.9. The van der Waals surface area contributed by atoms with Gasteiger partial charge in [-0.05, 0) is 30.0 Å². The lowest BCUT2D eigenvalue weighted by Gasteiger charge is -2.34. The normalized spacial score (nSPS) is 14.8. The average Bonchev–Trinajstić information content (AvgIpc) is 2.69. The van der Waals surface area contributed by atoms with Crippen molar-refractivity contribution in [1.29, 1.82) is 0 Å². The standard InChI is InChI=1S/C22H23ClFNO5/c1-4-29-6-5-7-30-18-9-13-8-17(12(2)3)25-11-15(22(27)28)21(26)19(24)20(25)14(13)10-16(18)23/h4,9-12,17H,1,5-8H2,2-3H3,(H,27,28)/t17-/m0/s1. The second-order valence-corrected chi connectivity index (χ2v) is 7.85. The molecule has 160 valence electrons. The van der Waals surface area contributed by atoms with Crippen LogP contribution >= 0.6 is 11.6 Å².